The molecule has 3 nitrogen and oxygen atoms in total. The van der Waals surface area contributed by atoms with Crippen LogP contribution in [0, 0.1) is 5.92 Å². The highest BCUT2D eigenvalue weighted by molar-refractivity contribution is 4.59. The molecule has 0 N–H and O–H groups in total. The van der Waals surface area contributed by atoms with Gasteiger partial charge in [-0.2, -0.15) is 0 Å². The van der Waals surface area contributed by atoms with Gasteiger partial charge in [0.2, 0.25) is 0 Å². The maximum Gasteiger partial charge on any atom is 0.0589 e. The molecule has 0 rings (SSSR count). The van der Waals surface area contributed by atoms with E-state index in [1.54, 1.807) is 7.11 Å². The van der Waals surface area contributed by atoms with Gasteiger partial charge in [0.05, 0.1) is 6.61 Å². The fourth-order valence-corrected chi connectivity index (χ4v) is 1.42. The van der Waals surface area contributed by atoms with E-state index in [9.17, 15) is 0 Å². The number of hydrogen-bond donors (Lipinski definition) is 0. The van der Waals surface area contributed by atoms with Crippen LogP contribution in [0.2, 0.25) is 0 Å². The van der Waals surface area contributed by atoms with Crippen LogP contribution in [0.15, 0.2) is 0 Å². The highest BCUT2D eigenvalue weighted by atomic mass is 16.5. The molecule has 0 saturated heterocycles. The molecule has 0 radical (unpaired) electrons. The lowest BCUT2D eigenvalue weighted by atomic mass is 10.0. The van der Waals surface area contributed by atoms with E-state index in [0.717, 1.165) is 19.1 Å². The topological polar surface area (TPSA) is 15.7 Å². The van der Waals surface area contributed by atoms with Crippen molar-refractivity contribution in [3.05, 3.63) is 0 Å². The Kier molecular flexibility index (Phi) is 9.06. The normalized spacial score (nSPS) is 13.8. The summed E-state index contributed by atoms with van der Waals surface area (Å²) < 4.78 is 5.05. The van der Waals surface area contributed by atoms with Crippen LogP contribution in [0.4, 0.5) is 0 Å². The predicted molar refractivity (Wildman–Crippen MR) is 66.3 cm³/mol. The molecule has 0 aliphatic heterocycles. The second-order valence-electron chi connectivity index (χ2n) is 4.78. The van der Waals surface area contributed by atoms with Crippen molar-refractivity contribution in [1.29, 1.82) is 0 Å². The first-order valence-corrected chi connectivity index (χ1v) is 5.88. The van der Waals surface area contributed by atoms with Crippen LogP contribution < -0.4 is 0 Å². The largest absolute Gasteiger partial charge is 0.383 e. The van der Waals surface area contributed by atoms with Gasteiger partial charge in [-0.1, -0.05) is 6.92 Å². The number of nitrogens with zero attached hydrogens (tertiary/aromatic N) is 2. The van der Waals surface area contributed by atoms with Crippen molar-refractivity contribution in [2.75, 3.05) is 54.5 Å². The fraction of sp³-hybridized carbons (Fsp3) is 1.00. The van der Waals surface area contributed by atoms with E-state index >= 15 is 0 Å². The molecule has 0 aromatic heterocycles. The van der Waals surface area contributed by atoms with E-state index in [1.807, 2.05) is 0 Å². The molecule has 0 aliphatic rings. The molecule has 0 saturated carbocycles. The van der Waals surface area contributed by atoms with E-state index in [4.69, 9.17) is 4.74 Å². The minimum atomic E-state index is 0.817. The van der Waals surface area contributed by atoms with Gasteiger partial charge in [0.15, 0.2) is 0 Å². The van der Waals surface area contributed by atoms with Crippen molar-refractivity contribution in [3.63, 3.8) is 0 Å². The highest BCUT2D eigenvalue weighted by Crippen LogP contribution is 2.08. The Morgan fingerprint density at radius 1 is 1.00 bits per heavy atom. The van der Waals surface area contributed by atoms with Gasteiger partial charge in [-0.3, -0.25) is 0 Å². The lowest BCUT2D eigenvalue weighted by Gasteiger charge is -2.20. The summed E-state index contributed by atoms with van der Waals surface area (Å²) in [6.45, 7) is 6.59. The average molecular weight is 216 g/mol. The molecule has 3 heteroatoms. The van der Waals surface area contributed by atoms with Gasteiger partial charge in [0.25, 0.3) is 0 Å². The van der Waals surface area contributed by atoms with Crippen molar-refractivity contribution < 1.29 is 4.74 Å². The second kappa shape index (κ2) is 9.13. The van der Waals surface area contributed by atoms with Crippen molar-refractivity contribution in [1.82, 2.24) is 9.80 Å². The number of hydrogen-bond acceptors (Lipinski definition) is 3. The molecule has 1 atom stereocenters. The molecule has 92 valence electrons. The summed E-state index contributed by atoms with van der Waals surface area (Å²) >= 11 is 0. The zero-order valence-corrected chi connectivity index (χ0v) is 11.1. The van der Waals surface area contributed by atoms with Crippen LogP contribution in [0.5, 0.6) is 0 Å². The first kappa shape index (κ1) is 14.9. The van der Waals surface area contributed by atoms with Crippen LogP contribution in [0.1, 0.15) is 19.8 Å². The summed E-state index contributed by atoms with van der Waals surface area (Å²) in [6, 6.07) is 0. The van der Waals surface area contributed by atoms with Crippen molar-refractivity contribution in [3.8, 4) is 0 Å². The third-order valence-corrected chi connectivity index (χ3v) is 2.75. The van der Waals surface area contributed by atoms with Crippen molar-refractivity contribution >= 4 is 0 Å². The van der Waals surface area contributed by atoms with Gasteiger partial charge >= 0.3 is 0 Å². The molecule has 0 amide bonds. The maximum absolute atomic E-state index is 5.05. The Balaban J connectivity index is 3.39. The molecule has 0 heterocycles. The standard InChI is InChI=1S/C12H28N2O/c1-12(6-8-13(2)3)7-9-14(4)10-11-15-5/h12H,6-11H2,1-5H3. The molecule has 1 unspecified atom stereocenters. The minimum Gasteiger partial charge on any atom is -0.383 e. The third-order valence-electron chi connectivity index (χ3n) is 2.75. The zero-order chi connectivity index (χ0) is 11.7. The maximum atomic E-state index is 5.05. The van der Waals surface area contributed by atoms with Gasteiger partial charge in [-0.05, 0) is 53.0 Å². The molecule has 0 spiro atoms. The zero-order valence-electron chi connectivity index (χ0n) is 11.1. The van der Waals surface area contributed by atoms with Gasteiger partial charge in [0.1, 0.15) is 0 Å². The first-order valence-electron chi connectivity index (χ1n) is 5.88. The summed E-state index contributed by atoms with van der Waals surface area (Å²) in [5.74, 6) is 0.817. The van der Waals surface area contributed by atoms with Crippen LogP contribution in [-0.2, 0) is 4.74 Å². The third kappa shape index (κ3) is 10.2. The van der Waals surface area contributed by atoms with E-state index in [0.29, 0.717) is 0 Å². The molecule has 0 aromatic carbocycles. The number of rotatable bonds is 9. The Bertz CT molecular complexity index is 140. The highest BCUT2D eigenvalue weighted by Gasteiger charge is 2.05. The van der Waals surface area contributed by atoms with Gasteiger partial charge < -0.3 is 14.5 Å². The Morgan fingerprint density at radius 3 is 2.13 bits per heavy atom. The number of methoxy groups -OCH3 is 1. The van der Waals surface area contributed by atoms with Crippen molar-refractivity contribution in [2.24, 2.45) is 5.92 Å². The molecule has 0 fully saturated rings. The van der Waals surface area contributed by atoms with Crippen LogP contribution in [-0.4, -0.2) is 64.3 Å². The summed E-state index contributed by atoms with van der Waals surface area (Å²) in [5, 5.41) is 0. The molecule has 0 bridgehead atoms. The number of ether oxygens (including phenoxy) is 1. The van der Waals surface area contributed by atoms with E-state index in [1.165, 1.54) is 25.9 Å². The SMILES string of the molecule is COCCN(C)CCC(C)CCN(C)C. The summed E-state index contributed by atoms with van der Waals surface area (Å²) in [4.78, 5) is 4.60. The monoisotopic (exact) mass is 216 g/mol. The summed E-state index contributed by atoms with van der Waals surface area (Å²) in [7, 11) is 8.19. The average Bonchev–Trinajstić information content (AvgIpc) is 2.20. The Morgan fingerprint density at radius 2 is 1.60 bits per heavy atom. The lowest BCUT2D eigenvalue weighted by molar-refractivity contribution is 0.157. The fourth-order valence-electron chi connectivity index (χ4n) is 1.42. The Hall–Kier alpha value is -0.120. The predicted octanol–water partition coefficient (Wildman–Crippen LogP) is 1.54. The van der Waals surface area contributed by atoms with Gasteiger partial charge in [-0.25, -0.2) is 0 Å². The summed E-state index contributed by atoms with van der Waals surface area (Å²) in [6.07, 6.45) is 2.58. The quantitative estimate of drug-likeness (QED) is 0.581. The second-order valence-corrected chi connectivity index (χ2v) is 4.78. The van der Waals surface area contributed by atoms with Crippen LogP contribution in [0.3, 0.4) is 0 Å². The van der Waals surface area contributed by atoms with Crippen LogP contribution >= 0.6 is 0 Å². The first-order chi connectivity index (χ1) is 7.06. The van der Waals surface area contributed by atoms with E-state index in [-0.39, 0.29) is 0 Å². The van der Waals surface area contributed by atoms with E-state index < -0.39 is 0 Å². The van der Waals surface area contributed by atoms with Crippen molar-refractivity contribution in [2.45, 2.75) is 19.8 Å². The number of likely N-dealkylation sites (N-methyl/N-ethyl adjacent to an activating group) is 1. The van der Waals surface area contributed by atoms with Crippen LogP contribution in [0.25, 0.3) is 0 Å². The Labute approximate surface area is 95.4 Å². The van der Waals surface area contributed by atoms with Gasteiger partial charge in [-0.15, -0.1) is 0 Å². The molecule has 15 heavy (non-hydrogen) atoms. The molecule has 0 aliphatic carbocycles. The molecular formula is C12H28N2O. The smallest absolute Gasteiger partial charge is 0.0589 e. The van der Waals surface area contributed by atoms with E-state index in [2.05, 4.69) is 37.9 Å². The summed E-state index contributed by atoms with van der Waals surface area (Å²) in [5.41, 5.74) is 0. The molecular weight excluding hydrogens is 188 g/mol. The molecule has 0 aromatic rings. The lowest BCUT2D eigenvalue weighted by Crippen LogP contribution is -2.25. The van der Waals surface area contributed by atoms with Gasteiger partial charge in [0, 0.05) is 13.7 Å². The minimum absolute atomic E-state index is 0.817.